The van der Waals surface area contributed by atoms with Crippen LogP contribution in [-0.4, -0.2) is 19.8 Å². The number of halogens is 1. The summed E-state index contributed by atoms with van der Waals surface area (Å²) in [4.78, 5) is 0. The molecule has 1 aliphatic heterocycles. The molecule has 0 aromatic heterocycles. The van der Waals surface area contributed by atoms with Crippen molar-refractivity contribution in [2.45, 2.75) is 40.2 Å². The Morgan fingerprint density at radius 2 is 1.80 bits per heavy atom. The highest BCUT2D eigenvalue weighted by Crippen LogP contribution is 2.42. The fraction of sp³-hybridized carbons (Fsp3) is 0.625. The third kappa shape index (κ3) is 3.47. The smallest absolute Gasteiger partial charge is 0.162 e. The second kappa shape index (κ2) is 6.35. The summed E-state index contributed by atoms with van der Waals surface area (Å²) in [5.74, 6) is 1.68. The molecule has 0 bridgehead atoms. The minimum absolute atomic E-state index is 0.126. The van der Waals surface area contributed by atoms with Crippen LogP contribution in [-0.2, 0) is 0 Å². The summed E-state index contributed by atoms with van der Waals surface area (Å²) < 4.78 is 12.4. The maximum absolute atomic E-state index is 5.71. The number of nitrogens with one attached hydrogen (secondary N) is 1. The van der Waals surface area contributed by atoms with Gasteiger partial charge in [-0.1, -0.05) is 43.6 Å². The summed E-state index contributed by atoms with van der Waals surface area (Å²) in [7, 11) is 0. The van der Waals surface area contributed by atoms with Crippen molar-refractivity contribution in [3.63, 3.8) is 0 Å². The lowest BCUT2D eigenvalue weighted by atomic mass is 9.82. The zero-order valence-corrected chi connectivity index (χ0v) is 14.3. The minimum atomic E-state index is 0.126. The van der Waals surface area contributed by atoms with E-state index < -0.39 is 0 Å². The molecule has 0 saturated heterocycles. The molecule has 3 nitrogen and oxygen atoms in total. The number of rotatable bonds is 4. The van der Waals surface area contributed by atoms with E-state index in [1.807, 2.05) is 6.07 Å². The largest absolute Gasteiger partial charge is 0.486 e. The van der Waals surface area contributed by atoms with Crippen LogP contribution in [0.5, 0.6) is 11.5 Å². The lowest BCUT2D eigenvalue weighted by Gasteiger charge is -2.33. The van der Waals surface area contributed by atoms with Gasteiger partial charge in [0.05, 0.1) is 0 Å². The molecule has 1 aromatic carbocycles. The lowest BCUT2D eigenvalue weighted by molar-refractivity contribution is 0.170. The fourth-order valence-corrected chi connectivity index (χ4v) is 3.02. The van der Waals surface area contributed by atoms with Gasteiger partial charge in [-0.2, -0.15) is 0 Å². The molecule has 0 amide bonds. The van der Waals surface area contributed by atoms with Crippen molar-refractivity contribution in [1.29, 1.82) is 0 Å². The van der Waals surface area contributed by atoms with Gasteiger partial charge >= 0.3 is 0 Å². The molecule has 0 aliphatic carbocycles. The van der Waals surface area contributed by atoms with E-state index in [-0.39, 0.29) is 11.5 Å². The molecule has 20 heavy (non-hydrogen) atoms. The second-order valence-electron chi connectivity index (χ2n) is 6.27. The molecule has 2 rings (SSSR count). The van der Waals surface area contributed by atoms with Crippen LogP contribution in [0.25, 0.3) is 0 Å². The van der Waals surface area contributed by atoms with Gasteiger partial charge in [-0.05, 0) is 36.1 Å². The van der Waals surface area contributed by atoms with Crippen LogP contribution in [0.2, 0.25) is 0 Å². The van der Waals surface area contributed by atoms with E-state index in [0.29, 0.717) is 13.2 Å². The van der Waals surface area contributed by atoms with Crippen molar-refractivity contribution < 1.29 is 9.47 Å². The second-order valence-corrected chi connectivity index (χ2v) is 7.12. The summed E-state index contributed by atoms with van der Waals surface area (Å²) in [5, 5.41) is 3.65. The first-order valence-corrected chi connectivity index (χ1v) is 8.05. The Balaban J connectivity index is 2.37. The van der Waals surface area contributed by atoms with Gasteiger partial charge < -0.3 is 14.8 Å². The average Bonchev–Trinajstić information content (AvgIpc) is 2.38. The van der Waals surface area contributed by atoms with Crippen molar-refractivity contribution in [3.05, 3.63) is 22.2 Å². The molecule has 1 atom stereocenters. The highest BCUT2D eigenvalue weighted by Gasteiger charge is 2.29. The Bertz CT molecular complexity index is 468. The van der Waals surface area contributed by atoms with E-state index in [1.165, 1.54) is 5.56 Å². The van der Waals surface area contributed by atoms with E-state index in [9.17, 15) is 0 Å². The topological polar surface area (TPSA) is 30.5 Å². The van der Waals surface area contributed by atoms with Crippen molar-refractivity contribution in [2.24, 2.45) is 5.41 Å². The molecule has 1 N–H and O–H groups in total. The van der Waals surface area contributed by atoms with Gasteiger partial charge in [0.1, 0.15) is 13.2 Å². The van der Waals surface area contributed by atoms with Gasteiger partial charge in [0, 0.05) is 10.5 Å². The summed E-state index contributed by atoms with van der Waals surface area (Å²) in [6.45, 7) is 11.2. The third-order valence-electron chi connectivity index (χ3n) is 3.44. The normalized spacial score (nSPS) is 16.1. The SMILES string of the molecule is CCCNC(c1cc2c(cc1Br)OCCO2)C(C)(C)C. The standard InChI is InChI=1S/C16H24BrNO2/c1-5-6-18-15(16(2,3)4)11-9-13-14(10-12(11)17)20-8-7-19-13/h9-10,15,18H,5-8H2,1-4H3. The molecule has 112 valence electrons. The van der Waals surface area contributed by atoms with Crippen molar-refractivity contribution in [2.75, 3.05) is 19.8 Å². The van der Waals surface area contributed by atoms with Gasteiger partial charge in [0.2, 0.25) is 0 Å². The molecule has 1 heterocycles. The van der Waals surface area contributed by atoms with E-state index in [0.717, 1.165) is 28.9 Å². The molecule has 0 fully saturated rings. The zero-order chi connectivity index (χ0) is 14.8. The van der Waals surface area contributed by atoms with E-state index in [1.54, 1.807) is 0 Å². The molecular weight excluding hydrogens is 318 g/mol. The Labute approximate surface area is 130 Å². The van der Waals surface area contributed by atoms with Gasteiger partial charge in [-0.15, -0.1) is 0 Å². The van der Waals surface area contributed by atoms with Crippen LogP contribution >= 0.6 is 15.9 Å². The number of fused-ring (bicyclic) bond motifs is 1. The Morgan fingerprint density at radius 3 is 2.35 bits per heavy atom. The van der Waals surface area contributed by atoms with Crippen molar-refractivity contribution >= 4 is 15.9 Å². The fourth-order valence-electron chi connectivity index (χ4n) is 2.47. The average molecular weight is 342 g/mol. The molecule has 0 spiro atoms. The van der Waals surface area contributed by atoms with Crippen LogP contribution in [0.1, 0.15) is 45.7 Å². The third-order valence-corrected chi connectivity index (χ3v) is 4.12. The van der Waals surface area contributed by atoms with Gasteiger partial charge in [0.15, 0.2) is 11.5 Å². The number of hydrogen-bond acceptors (Lipinski definition) is 3. The first-order chi connectivity index (χ1) is 9.43. The Kier molecular flexibility index (Phi) is 4.97. The maximum atomic E-state index is 5.71. The lowest BCUT2D eigenvalue weighted by Crippen LogP contribution is -2.33. The molecule has 0 radical (unpaired) electrons. The van der Waals surface area contributed by atoms with Crippen LogP contribution in [0.4, 0.5) is 0 Å². The summed E-state index contributed by atoms with van der Waals surface area (Å²) in [5.41, 5.74) is 1.36. The Morgan fingerprint density at radius 1 is 1.20 bits per heavy atom. The Hall–Kier alpha value is -0.740. The predicted octanol–water partition coefficient (Wildman–Crippen LogP) is 4.31. The van der Waals surface area contributed by atoms with E-state index >= 15 is 0 Å². The van der Waals surface area contributed by atoms with Crippen LogP contribution in [0.3, 0.4) is 0 Å². The molecule has 4 heteroatoms. The van der Waals surface area contributed by atoms with E-state index in [4.69, 9.17) is 9.47 Å². The van der Waals surface area contributed by atoms with Crippen molar-refractivity contribution in [1.82, 2.24) is 5.32 Å². The number of hydrogen-bond donors (Lipinski definition) is 1. The molecule has 1 aliphatic rings. The molecule has 1 aromatic rings. The molecular formula is C16H24BrNO2. The monoisotopic (exact) mass is 341 g/mol. The summed E-state index contributed by atoms with van der Waals surface area (Å²) >= 11 is 3.68. The quantitative estimate of drug-likeness (QED) is 0.885. The predicted molar refractivity (Wildman–Crippen MR) is 85.6 cm³/mol. The van der Waals surface area contributed by atoms with Crippen molar-refractivity contribution in [3.8, 4) is 11.5 Å². The first-order valence-electron chi connectivity index (χ1n) is 7.26. The van der Waals surface area contributed by atoms with Crippen LogP contribution in [0.15, 0.2) is 16.6 Å². The van der Waals surface area contributed by atoms with Crippen LogP contribution in [0, 0.1) is 5.41 Å². The van der Waals surface area contributed by atoms with Gasteiger partial charge in [-0.3, -0.25) is 0 Å². The highest BCUT2D eigenvalue weighted by atomic mass is 79.9. The minimum Gasteiger partial charge on any atom is -0.486 e. The van der Waals surface area contributed by atoms with E-state index in [2.05, 4.69) is 55.0 Å². The van der Waals surface area contributed by atoms with Gasteiger partial charge in [0.25, 0.3) is 0 Å². The molecule has 1 unspecified atom stereocenters. The first kappa shape index (κ1) is 15.6. The summed E-state index contributed by atoms with van der Waals surface area (Å²) in [6, 6.07) is 4.40. The van der Waals surface area contributed by atoms with Crippen LogP contribution < -0.4 is 14.8 Å². The number of benzene rings is 1. The maximum Gasteiger partial charge on any atom is 0.162 e. The highest BCUT2D eigenvalue weighted by molar-refractivity contribution is 9.10. The van der Waals surface area contributed by atoms with Gasteiger partial charge in [-0.25, -0.2) is 0 Å². The number of ether oxygens (including phenoxy) is 2. The zero-order valence-electron chi connectivity index (χ0n) is 12.8. The summed E-state index contributed by atoms with van der Waals surface area (Å²) in [6.07, 6.45) is 1.12. The molecule has 0 saturated carbocycles.